The molecule has 0 radical (unpaired) electrons. The van der Waals surface area contributed by atoms with Crippen molar-refractivity contribution < 1.29 is 14.3 Å². The van der Waals surface area contributed by atoms with Crippen LogP contribution in [0.2, 0.25) is 0 Å². The quantitative estimate of drug-likeness (QED) is 0.907. The summed E-state index contributed by atoms with van der Waals surface area (Å²) in [5, 5.41) is 12.1. The highest BCUT2D eigenvalue weighted by Crippen LogP contribution is 2.47. The number of amides is 1. The van der Waals surface area contributed by atoms with Crippen LogP contribution in [0.3, 0.4) is 0 Å². The molecule has 1 amide bonds. The molecular formula is C17H16FNO2. The highest BCUT2D eigenvalue weighted by atomic mass is 19.1. The minimum absolute atomic E-state index is 0.00464. The van der Waals surface area contributed by atoms with E-state index in [1.165, 1.54) is 12.1 Å². The number of hydrogen-bond donors (Lipinski definition) is 2. The standard InChI is InChI=1S/C17H16FNO2/c18-13-5-1-11(2-6-13)10-19-17(21)16-9-15(16)12-3-7-14(20)8-4-12/h1-8,15-16,20H,9-10H2,(H,19,21). The summed E-state index contributed by atoms with van der Waals surface area (Å²) in [6, 6.07) is 13.1. The molecule has 0 saturated heterocycles. The summed E-state index contributed by atoms with van der Waals surface area (Å²) < 4.78 is 12.8. The van der Waals surface area contributed by atoms with Crippen LogP contribution in [0.25, 0.3) is 0 Å². The van der Waals surface area contributed by atoms with Gasteiger partial charge in [-0.1, -0.05) is 24.3 Å². The topological polar surface area (TPSA) is 49.3 Å². The molecule has 1 aliphatic carbocycles. The van der Waals surface area contributed by atoms with E-state index >= 15 is 0 Å². The van der Waals surface area contributed by atoms with Crippen molar-refractivity contribution in [2.75, 3.05) is 0 Å². The van der Waals surface area contributed by atoms with Gasteiger partial charge in [0, 0.05) is 12.5 Å². The Bertz CT molecular complexity index is 637. The fraction of sp³-hybridized carbons (Fsp3) is 0.235. The van der Waals surface area contributed by atoms with Crippen LogP contribution >= 0.6 is 0 Å². The third-order valence-electron chi connectivity index (χ3n) is 3.83. The van der Waals surface area contributed by atoms with Crippen LogP contribution in [0.1, 0.15) is 23.5 Å². The summed E-state index contributed by atoms with van der Waals surface area (Å²) in [6.07, 6.45) is 0.833. The molecular weight excluding hydrogens is 269 g/mol. The number of halogens is 1. The van der Waals surface area contributed by atoms with Crippen molar-refractivity contribution in [2.45, 2.75) is 18.9 Å². The van der Waals surface area contributed by atoms with E-state index in [1.807, 2.05) is 12.1 Å². The van der Waals surface area contributed by atoms with E-state index in [0.29, 0.717) is 6.54 Å². The van der Waals surface area contributed by atoms with Crippen LogP contribution in [0.15, 0.2) is 48.5 Å². The molecule has 21 heavy (non-hydrogen) atoms. The number of hydrogen-bond acceptors (Lipinski definition) is 2. The number of rotatable bonds is 4. The zero-order chi connectivity index (χ0) is 14.8. The number of phenolic OH excluding ortho intramolecular Hbond substituents is 1. The first-order valence-electron chi connectivity index (χ1n) is 6.94. The summed E-state index contributed by atoms with van der Waals surface area (Å²) in [7, 11) is 0. The number of phenols is 1. The Balaban J connectivity index is 1.53. The first kappa shape index (κ1) is 13.6. The molecule has 1 fully saturated rings. The van der Waals surface area contributed by atoms with E-state index < -0.39 is 0 Å². The Kier molecular flexibility index (Phi) is 3.60. The summed E-state index contributed by atoms with van der Waals surface area (Å²) in [5.41, 5.74) is 1.96. The lowest BCUT2D eigenvalue weighted by Gasteiger charge is -2.05. The van der Waals surface area contributed by atoms with Crippen molar-refractivity contribution in [1.29, 1.82) is 0 Å². The van der Waals surface area contributed by atoms with Gasteiger partial charge in [-0.15, -0.1) is 0 Å². The minimum atomic E-state index is -0.278. The third-order valence-corrected chi connectivity index (χ3v) is 3.83. The molecule has 0 spiro atoms. The molecule has 4 heteroatoms. The van der Waals surface area contributed by atoms with Crippen molar-refractivity contribution in [1.82, 2.24) is 5.32 Å². The molecule has 2 aromatic carbocycles. The molecule has 2 atom stereocenters. The second-order valence-corrected chi connectivity index (χ2v) is 5.38. The molecule has 3 rings (SSSR count). The van der Waals surface area contributed by atoms with Crippen LogP contribution in [-0.4, -0.2) is 11.0 Å². The Hall–Kier alpha value is -2.36. The number of nitrogens with one attached hydrogen (secondary N) is 1. The lowest BCUT2D eigenvalue weighted by Crippen LogP contribution is -2.24. The third kappa shape index (κ3) is 3.21. The molecule has 2 aromatic rings. The zero-order valence-corrected chi connectivity index (χ0v) is 11.4. The van der Waals surface area contributed by atoms with Crippen molar-refractivity contribution in [2.24, 2.45) is 5.92 Å². The number of benzene rings is 2. The molecule has 0 heterocycles. The lowest BCUT2D eigenvalue weighted by molar-refractivity contribution is -0.122. The molecule has 0 aliphatic heterocycles. The predicted molar refractivity (Wildman–Crippen MR) is 77.2 cm³/mol. The van der Waals surface area contributed by atoms with E-state index in [4.69, 9.17) is 0 Å². The first-order valence-corrected chi connectivity index (χ1v) is 6.94. The Morgan fingerprint density at radius 1 is 1.14 bits per heavy atom. The maximum atomic E-state index is 12.8. The summed E-state index contributed by atoms with van der Waals surface area (Å²) >= 11 is 0. The average Bonchev–Trinajstić information content (AvgIpc) is 3.28. The number of carbonyl (C=O) groups excluding carboxylic acids is 1. The number of carbonyl (C=O) groups is 1. The summed E-state index contributed by atoms with van der Waals surface area (Å²) in [6.45, 7) is 0.415. The smallest absolute Gasteiger partial charge is 0.224 e. The van der Waals surface area contributed by atoms with Crippen LogP contribution in [-0.2, 0) is 11.3 Å². The Morgan fingerprint density at radius 3 is 2.48 bits per heavy atom. The van der Waals surface area contributed by atoms with Gasteiger partial charge in [0.15, 0.2) is 0 Å². The largest absolute Gasteiger partial charge is 0.508 e. The maximum Gasteiger partial charge on any atom is 0.224 e. The van der Waals surface area contributed by atoms with Gasteiger partial charge in [0.1, 0.15) is 11.6 Å². The zero-order valence-electron chi connectivity index (χ0n) is 11.4. The maximum absolute atomic E-state index is 12.8. The van der Waals surface area contributed by atoms with Gasteiger partial charge in [0.25, 0.3) is 0 Å². The molecule has 108 valence electrons. The lowest BCUT2D eigenvalue weighted by atomic mass is 10.1. The van der Waals surface area contributed by atoms with E-state index in [0.717, 1.165) is 17.5 Å². The molecule has 1 saturated carbocycles. The highest BCUT2D eigenvalue weighted by molar-refractivity contribution is 5.82. The number of aromatic hydroxyl groups is 1. The van der Waals surface area contributed by atoms with Gasteiger partial charge in [-0.05, 0) is 47.7 Å². The van der Waals surface area contributed by atoms with Crippen LogP contribution in [0.5, 0.6) is 5.75 Å². The molecule has 1 aliphatic rings. The van der Waals surface area contributed by atoms with Gasteiger partial charge in [0.05, 0.1) is 0 Å². The Morgan fingerprint density at radius 2 is 1.81 bits per heavy atom. The fourth-order valence-electron chi connectivity index (χ4n) is 2.50. The van der Waals surface area contributed by atoms with Crippen LogP contribution in [0.4, 0.5) is 4.39 Å². The predicted octanol–water partition coefficient (Wildman–Crippen LogP) is 2.95. The van der Waals surface area contributed by atoms with Crippen LogP contribution in [0, 0.1) is 11.7 Å². The fourth-order valence-corrected chi connectivity index (χ4v) is 2.50. The van der Waals surface area contributed by atoms with Gasteiger partial charge in [-0.25, -0.2) is 4.39 Å². The van der Waals surface area contributed by atoms with E-state index in [1.54, 1.807) is 24.3 Å². The van der Waals surface area contributed by atoms with E-state index in [-0.39, 0.29) is 29.3 Å². The summed E-state index contributed by atoms with van der Waals surface area (Å²) in [4.78, 5) is 12.1. The molecule has 0 aromatic heterocycles. The van der Waals surface area contributed by atoms with Crippen molar-refractivity contribution in [3.05, 3.63) is 65.5 Å². The van der Waals surface area contributed by atoms with Gasteiger partial charge >= 0.3 is 0 Å². The highest BCUT2D eigenvalue weighted by Gasteiger charge is 2.43. The van der Waals surface area contributed by atoms with E-state index in [2.05, 4.69) is 5.32 Å². The Labute approximate surface area is 122 Å². The normalized spacial score (nSPS) is 20.0. The van der Waals surface area contributed by atoms with E-state index in [9.17, 15) is 14.3 Å². The summed E-state index contributed by atoms with van der Waals surface area (Å²) in [5.74, 6) is 0.211. The van der Waals surface area contributed by atoms with Gasteiger partial charge in [-0.2, -0.15) is 0 Å². The van der Waals surface area contributed by atoms with Gasteiger partial charge < -0.3 is 10.4 Å². The monoisotopic (exact) mass is 285 g/mol. The second-order valence-electron chi connectivity index (χ2n) is 5.38. The molecule has 3 nitrogen and oxygen atoms in total. The van der Waals surface area contributed by atoms with Crippen molar-refractivity contribution in [3.63, 3.8) is 0 Å². The molecule has 2 N–H and O–H groups in total. The average molecular weight is 285 g/mol. The first-order chi connectivity index (χ1) is 10.1. The molecule has 0 bridgehead atoms. The van der Waals surface area contributed by atoms with Gasteiger partial charge in [0.2, 0.25) is 5.91 Å². The second kappa shape index (κ2) is 5.56. The van der Waals surface area contributed by atoms with Crippen molar-refractivity contribution in [3.8, 4) is 5.75 Å². The van der Waals surface area contributed by atoms with Gasteiger partial charge in [-0.3, -0.25) is 4.79 Å². The SMILES string of the molecule is O=C(NCc1ccc(F)cc1)C1CC1c1ccc(O)cc1. The molecule has 2 unspecified atom stereocenters. The van der Waals surface area contributed by atoms with Crippen LogP contribution < -0.4 is 5.32 Å². The van der Waals surface area contributed by atoms with Crippen molar-refractivity contribution >= 4 is 5.91 Å². The minimum Gasteiger partial charge on any atom is -0.508 e.